The van der Waals surface area contributed by atoms with Crippen LogP contribution in [0.1, 0.15) is 22.3 Å². The smallest absolute Gasteiger partial charge is 0.304 e. The second-order valence-electron chi connectivity index (χ2n) is 6.95. The Kier molecular flexibility index (Phi) is 6.28. The van der Waals surface area contributed by atoms with Gasteiger partial charge < -0.3 is 5.32 Å². The summed E-state index contributed by atoms with van der Waals surface area (Å²) in [5.74, 6) is -0.395. The molecule has 0 unspecified atom stereocenters. The minimum atomic E-state index is -3.83. The Bertz CT molecular complexity index is 953. The van der Waals surface area contributed by atoms with E-state index in [2.05, 4.69) is 5.32 Å². The summed E-state index contributed by atoms with van der Waals surface area (Å²) >= 11 is 0. The van der Waals surface area contributed by atoms with Crippen molar-refractivity contribution in [2.75, 3.05) is 30.3 Å². The first-order valence-electron chi connectivity index (χ1n) is 8.67. The van der Waals surface area contributed by atoms with Crippen LogP contribution in [0.15, 0.2) is 36.4 Å². The molecule has 0 fully saturated rings. The van der Waals surface area contributed by atoms with Gasteiger partial charge in [-0.2, -0.15) is 12.7 Å². The first kappa shape index (κ1) is 20.9. The number of hydrogen-bond acceptors (Lipinski definition) is 3. The highest BCUT2D eigenvalue weighted by atomic mass is 32.2. The number of rotatable bonds is 6. The van der Waals surface area contributed by atoms with E-state index in [1.165, 1.54) is 14.1 Å². The van der Waals surface area contributed by atoms with Crippen molar-refractivity contribution in [1.82, 2.24) is 4.31 Å². The zero-order valence-corrected chi connectivity index (χ0v) is 17.5. The predicted octanol–water partition coefficient (Wildman–Crippen LogP) is 3.17. The van der Waals surface area contributed by atoms with Gasteiger partial charge in [0.1, 0.15) is 6.54 Å². The van der Waals surface area contributed by atoms with Gasteiger partial charge >= 0.3 is 10.2 Å². The van der Waals surface area contributed by atoms with Crippen molar-refractivity contribution >= 4 is 27.5 Å². The number of aryl methyl sites for hydroxylation is 4. The lowest BCUT2D eigenvalue weighted by Gasteiger charge is -2.28. The molecule has 2 aromatic carbocycles. The van der Waals surface area contributed by atoms with Crippen molar-refractivity contribution in [3.8, 4) is 0 Å². The number of nitrogens with zero attached hydrogens (tertiary/aromatic N) is 2. The molecule has 1 amide bonds. The van der Waals surface area contributed by atoms with Crippen LogP contribution < -0.4 is 9.62 Å². The maximum atomic E-state index is 12.9. The number of carbonyl (C=O) groups excluding carboxylic acids is 1. The minimum absolute atomic E-state index is 0.307. The summed E-state index contributed by atoms with van der Waals surface area (Å²) < 4.78 is 28.0. The van der Waals surface area contributed by atoms with Crippen molar-refractivity contribution in [2.24, 2.45) is 0 Å². The number of carbonyl (C=O) groups is 1. The lowest BCUT2D eigenvalue weighted by atomic mass is 10.1. The summed E-state index contributed by atoms with van der Waals surface area (Å²) in [6.07, 6.45) is 0. The fourth-order valence-corrected chi connectivity index (χ4v) is 3.87. The second kappa shape index (κ2) is 8.10. The lowest BCUT2D eigenvalue weighted by molar-refractivity contribution is -0.114. The van der Waals surface area contributed by atoms with Gasteiger partial charge in [-0.15, -0.1) is 0 Å². The van der Waals surface area contributed by atoms with Crippen molar-refractivity contribution in [3.63, 3.8) is 0 Å². The van der Waals surface area contributed by atoms with Crippen LogP contribution in [0.25, 0.3) is 0 Å². The maximum absolute atomic E-state index is 12.9. The normalized spacial score (nSPS) is 11.5. The van der Waals surface area contributed by atoms with Gasteiger partial charge in [-0.05, 0) is 56.5 Å². The third-order valence-corrected chi connectivity index (χ3v) is 6.12. The Morgan fingerprint density at radius 1 is 0.926 bits per heavy atom. The summed E-state index contributed by atoms with van der Waals surface area (Å²) in [4.78, 5) is 12.7. The minimum Gasteiger partial charge on any atom is -0.324 e. The number of amides is 1. The molecule has 0 saturated carbocycles. The van der Waals surface area contributed by atoms with E-state index in [1.54, 1.807) is 6.07 Å². The molecule has 1 N–H and O–H groups in total. The Labute approximate surface area is 162 Å². The average Bonchev–Trinajstić information content (AvgIpc) is 2.57. The molecule has 6 nitrogen and oxygen atoms in total. The summed E-state index contributed by atoms with van der Waals surface area (Å²) in [6.45, 7) is 7.29. The van der Waals surface area contributed by atoms with Gasteiger partial charge in [-0.3, -0.25) is 4.79 Å². The number of hydrogen-bond donors (Lipinski definition) is 1. The topological polar surface area (TPSA) is 69.7 Å². The summed E-state index contributed by atoms with van der Waals surface area (Å²) in [5, 5.41) is 2.82. The Hall–Kier alpha value is -2.38. The highest BCUT2D eigenvalue weighted by Crippen LogP contribution is 2.25. The summed E-state index contributed by atoms with van der Waals surface area (Å²) in [6, 6.07) is 11.2. The van der Waals surface area contributed by atoms with E-state index in [-0.39, 0.29) is 6.54 Å². The molecule has 0 aromatic heterocycles. The molecule has 0 aliphatic heterocycles. The van der Waals surface area contributed by atoms with E-state index in [4.69, 9.17) is 0 Å². The van der Waals surface area contributed by atoms with Crippen LogP contribution in [-0.4, -0.2) is 39.3 Å². The molecule has 0 atom stereocenters. The standard InChI is InChI=1S/C20H27N3O3S/c1-14-8-10-18(17(4)11-14)21-20(24)13-23(27(25,26)22(5)6)19-12-15(2)7-9-16(19)3/h7-12H,13H2,1-6H3,(H,21,24). The Balaban J connectivity index is 2.37. The fraction of sp³-hybridized carbons (Fsp3) is 0.350. The number of anilines is 2. The molecule has 146 valence electrons. The third-order valence-electron chi connectivity index (χ3n) is 4.32. The third kappa shape index (κ3) is 4.87. The molecular weight excluding hydrogens is 362 g/mol. The predicted molar refractivity (Wildman–Crippen MR) is 110 cm³/mol. The summed E-state index contributed by atoms with van der Waals surface area (Å²) in [5.41, 5.74) is 4.90. The highest BCUT2D eigenvalue weighted by Gasteiger charge is 2.28. The second-order valence-corrected chi connectivity index (χ2v) is 9.02. The maximum Gasteiger partial charge on any atom is 0.304 e. The first-order chi connectivity index (χ1) is 12.5. The lowest BCUT2D eigenvalue weighted by Crippen LogP contribution is -2.44. The van der Waals surface area contributed by atoms with E-state index in [0.717, 1.165) is 30.9 Å². The first-order valence-corrected chi connectivity index (χ1v) is 10.1. The van der Waals surface area contributed by atoms with Gasteiger partial charge in [0.15, 0.2) is 0 Å². The Morgan fingerprint density at radius 3 is 2.11 bits per heavy atom. The van der Waals surface area contributed by atoms with Crippen molar-refractivity contribution < 1.29 is 13.2 Å². The molecule has 0 bridgehead atoms. The van der Waals surface area contributed by atoms with E-state index in [9.17, 15) is 13.2 Å². The molecule has 7 heteroatoms. The average molecular weight is 390 g/mol. The van der Waals surface area contributed by atoms with E-state index >= 15 is 0 Å². The van der Waals surface area contributed by atoms with Crippen LogP contribution in [-0.2, 0) is 15.0 Å². The van der Waals surface area contributed by atoms with Crippen LogP contribution in [0.4, 0.5) is 11.4 Å². The van der Waals surface area contributed by atoms with Crippen LogP contribution in [0, 0.1) is 27.7 Å². The van der Waals surface area contributed by atoms with Crippen LogP contribution >= 0.6 is 0 Å². The summed E-state index contributed by atoms with van der Waals surface area (Å²) in [7, 11) is -0.922. The van der Waals surface area contributed by atoms with Gasteiger partial charge in [0.25, 0.3) is 0 Å². The molecule has 0 heterocycles. The molecule has 2 aromatic rings. The van der Waals surface area contributed by atoms with Crippen molar-refractivity contribution in [1.29, 1.82) is 0 Å². The largest absolute Gasteiger partial charge is 0.324 e. The van der Waals surface area contributed by atoms with Gasteiger partial charge in [0, 0.05) is 19.8 Å². The van der Waals surface area contributed by atoms with Gasteiger partial charge in [-0.1, -0.05) is 29.8 Å². The van der Waals surface area contributed by atoms with E-state index in [1.807, 2.05) is 58.0 Å². The van der Waals surface area contributed by atoms with Crippen LogP contribution in [0.2, 0.25) is 0 Å². The van der Waals surface area contributed by atoms with Crippen LogP contribution in [0.3, 0.4) is 0 Å². The quantitative estimate of drug-likeness (QED) is 0.825. The van der Waals surface area contributed by atoms with Crippen LogP contribution in [0.5, 0.6) is 0 Å². The number of nitrogens with one attached hydrogen (secondary N) is 1. The SMILES string of the molecule is Cc1ccc(NC(=O)CN(c2cc(C)ccc2C)S(=O)(=O)N(C)C)c(C)c1. The van der Waals surface area contributed by atoms with Gasteiger partial charge in [-0.25, -0.2) is 4.31 Å². The monoisotopic (exact) mass is 389 g/mol. The molecule has 0 saturated heterocycles. The molecular formula is C20H27N3O3S. The van der Waals surface area contributed by atoms with Gasteiger partial charge in [0.05, 0.1) is 5.69 Å². The Morgan fingerprint density at radius 2 is 1.52 bits per heavy atom. The highest BCUT2D eigenvalue weighted by molar-refractivity contribution is 7.90. The van der Waals surface area contributed by atoms with E-state index in [0.29, 0.717) is 11.4 Å². The molecule has 2 rings (SSSR count). The molecule has 0 spiro atoms. The number of benzene rings is 2. The molecule has 0 aliphatic rings. The van der Waals surface area contributed by atoms with E-state index < -0.39 is 16.1 Å². The zero-order chi connectivity index (χ0) is 20.4. The van der Waals surface area contributed by atoms with Gasteiger partial charge in [0.2, 0.25) is 5.91 Å². The molecule has 27 heavy (non-hydrogen) atoms. The van der Waals surface area contributed by atoms with Crippen molar-refractivity contribution in [2.45, 2.75) is 27.7 Å². The molecule has 0 radical (unpaired) electrons. The zero-order valence-electron chi connectivity index (χ0n) is 16.7. The molecule has 0 aliphatic carbocycles. The fourth-order valence-electron chi connectivity index (χ4n) is 2.75. The van der Waals surface area contributed by atoms with Crippen molar-refractivity contribution in [3.05, 3.63) is 58.7 Å².